The Kier molecular flexibility index (Phi) is 5.19. The Morgan fingerprint density at radius 2 is 2.19 bits per heavy atom. The molecular weight excluding hydrogens is 352 g/mol. The Morgan fingerprint density at radius 3 is 2.85 bits per heavy atom. The minimum Gasteiger partial charge on any atom is -0.462 e. The van der Waals surface area contributed by atoms with Crippen molar-refractivity contribution in [3.05, 3.63) is 46.9 Å². The van der Waals surface area contributed by atoms with Crippen molar-refractivity contribution in [3.63, 3.8) is 0 Å². The van der Waals surface area contributed by atoms with E-state index in [-0.39, 0.29) is 13.0 Å². The summed E-state index contributed by atoms with van der Waals surface area (Å²) >= 11 is 6.11. The van der Waals surface area contributed by atoms with Gasteiger partial charge in [-0.1, -0.05) is 23.7 Å². The molecule has 0 radical (unpaired) electrons. The molecule has 3 aromatic rings. The van der Waals surface area contributed by atoms with Crippen LogP contribution in [-0.2, 0) is 17.7 Å². The molecule has 26 heavy (non-hydrogen) atoms. The fourth-order valence-corrected chi connectivity index (χ4v) is 3.13. The van der Waals surface area contributed by atoms with Gasteiger partial charge in [-0.3, -0.25) is 4.98 Å². The van der Waals surface area contributed by atoms with Gasteiger partial charge in [0.15, 0.2) is 0 Å². The first-order valence-corrected chi connectivity index (χ1v) is 8.66. The minimum atomic E-state index is -0.458. The molecule has 0 spiro atoms. The highest BCUT2D eigenvalue weighted by atomic mass is 35.5. The van der Waals surface area contributed by atoms with E-state index in [4.69, 9.17) is 21.6 Å². The highest BCUT2D eigenvalue weighted by Crippen LogP contribution is 2.31. The molecule has 0 atom stereocenters. The predicted octanol–water partition coefficient (Wildman–Crippen LogP) is 4.01. The molecule has 2 aromatic heterocycles. The van der Waals surface area contributed by atoms with Crippen molar-refractivity contribution in [1.82, 2.24) is 14.5 Å². The van der Waals surface area contributed by atoms with Crippen LogP contribution in [0, 0.1) is 11.3 Å². The van der Waals surface area contributed by atoms with Crippen LogP contribution < -0.4 is 0 Å². The van der Waals surface area contributed by atoms with E-state index < -0.39 is 5.97 Å². The molecule has 7 heteroatoms. The zero-order valence-corrected chi connectivity index (χ0v) is 15.2. The van der Waals surface area contributed by atoms with Crippen LogP contribution in [-0.4, -0.2) is 27.1 Å². The third-order valence-corrected chi connectivity index (χ3v) is 4.23. The van der Waals surface area contributed by atoms with Crippen LogP contribution in [0.5, 0.6) is 0 Å². The number of aromatic nitrogens is 3. The average Bonchev–Trinajstić information content (AvgIpc) is 2.99. The van der Waals surface area contributed by atoms with Gasteiger partial charge in [0.25, 0.3) is 0 Å². The van der Waals surface area contributed by atoms with Crippen LogP contribution in [0.25, 0.3) is 22.3 Å². The molecule has 0 unspecified atom stereocenters. The topological polar surface area (TPSA) is 80.8 Å². The second-order valence-corrected chi connectivity index (χ2v) is 5.99. The standard InChI is InChI=1S/C19H17ClN4O2/c1-3-24-15(8-9-21)23-17-16(12-6-5-7-13(20)10-12)22-11-14(18(17)24)19(25)26-4-2/h5-7,10-11H,3-4,8H2,1-2H3. The second-order valence-electron chi connectivity index (χ2n) is 5.56. The lowest BCUT2D eigenvalue weighted by Crippen LogP contribution is -2.10. The molecule has 0 amide bonds. The van der Waals surface area contributed by atoms with E-state index in [0.717, 1.165) is 5.56 Å². The van der Waals surface area contributed by atoms with Crippen molar-refractivity contribution in [2.24, 2.45) is 0 Å². The fraction of sp³-hybridized carbons (Fsp3) is 0.263. The summed E-state index contributed by atoms with van der Waals surface area (Å²) in [6.45, 7) is 4.53. The number of carbonyl (C=O) groups excluding carboxylic acids is 1. The number of esters is 1. The van der Waals surface area contributed by atoms with E-state index in [1.54, 1.807) is 19.1 Å². The van der Waals surface area contributed by atoms with E-state index in [1.807, 2.05) is 23.6 Å². The van der Waals surface area contributed by atoms with E-state index >= 15 is 0 Å². The summed E-state index contributed by atoms with van der Waals surface area (Å²) in [7, 11) is 0. The number of hydrogen-bond donors (Lipinski definition) is 0. The molecule has 0 aliphatic rings. The van der Waals surface area contributed by atoms with Gasteiger partial charge in [0, 0.05) is 23.3 Å². The SMILES string of the molecule is CCOC(=O)c1cnc(-c2cccc(Cl)c2)c2nc(CC#N)n(CC)c12. The molecule has 6 nitrogen and oxygen atoms in total. The molecular formula is C19H17ClN4O2. The van der Waals surface area contributed by atoms with Gasteiger partial charge in [0.05, 0.1) is 30.3 Å². The number of fused-ring (bicyclic) bond motifs is 1. The lowest BCUT2D eigenvalue weighted by atomic mass is 10.1. The molecule has 2 heterocycles. The number of halogens is 1. The summed E-state index contributed by atoms with van der Waals surface area (Å²) in [4.78, 5) is 21.5. The minimum absolute atomic E-state index is 0.139. The maximum absolute atomic E-state index is 12.4. The van der Waals surface area contributed by atoms with E-state index in [9.17, 15) is 4.79 Å². The Labute approximate surface area is 156 Å². The summed E-state index contributed by atoms with van der Waals surface area (Å²) < 4.78 is 7.02. The van der Waals surface area contributed by atoms with E-state index in [1.165, 1.54) is 6.20 Å². The molecule has 0 bridgehead atoms. The molecule has 1 aromatic carbocycles. The Hall–Kier alpha value is -2.91. The molecule has 0 saturated carbocycles. The maximum atomic E-state index is 12.4. The molecule has 0 saturated heterocycles. The number of aryl methyl sites for hydroxylation is 1. The monoisotopic (exact) mass is 368 g/mol. The molecule has 0 aliphatic heterocycles. The van der Waals surface area contributed by atoms with Crippen LogP contribution in [0.1, 0.15) is 30.0 Å². The van der Waals surface area contributed by atoms with Gasteiger partial charge in [-0.25, -0.2) is 9.78 Å². The van der Waals surface area contributed by atoms with Crippen LogP contribution >= 0.6 is 11.6 Å². The van der Waals surface area contributed by atoms with Gasteiger partial charge in [-0.05, 0) is 26.0 Å². The third kappa shape index (κ3) is 3.14. The normalized spacial score (nSPS) is 10.7. The second kappa shape index (κ2) is 7.54. The van der Waals surface area contributed by atoms with Gasteiger partial charge in [-0.2, -0.15) is 5.26 Å². The highest BCUT2D eigenvalue weighted by molar-refractivity contribution is 6.30. The van der Waals surface area contributed by atoms with Gasteiger partial charge in [-0.15, -0.1) is 0 Å². The first kappa shape index (κ1) is 17.9. The summed E-state index contributed by atoms with van der Waals surface area (Å²) in [6.07, 6.45) is 1.64. The van der Waals surface area contributed by atoms with Crippen LogP contribution in [0.2, 0.25) is 5.02 Å². The van der Waals surface area contributed by atoms with Crippen molar-refractivity contribution in [2.75, 3.05) is 6.61 Å². The summed E-state index contributed by atoms with van der Waals surface area (Å²) in [6, 6.07) is 9.41. The Bertz CT molecular complexity index is 1020. The van der Waals surface area contributed by atoms with Crippen LogP contribution in [0.15, 0.2) is 30.5 Å². The Balaban J connectivity index is 2.34. The van der Waals surface area contributed by atoms with Crippen molar-refractivity contribution in [3.8, 4) is 17.3 Å². The average molecular weight is 369 g/mol. The number of rotatable bonds is 5. The van der Waals surface area contributed by atoms with E-state index in [2.05, 4.69) is 16.0 Å². The maximum Gasteiger partial charge on any atom is 0.341 e. The number of nitrogens with zero attached hydrogens (tertiary/aromatic N) is 4. The van der Waals surface area contributed by atoms with Crippen molar-refractivity contribution >= 4 is 28.6 Å². The van der Waals surface area contributed by atoms with Gasteiger partial charge >= 0.3 is 5.97 Å². The molecule has 132 valence electrons. The van der Waals surface area contributed by atoms with E-state index in [0.29, 0.717) is 39.7 Å². The number of nitriles is 1. The number of carbonyl (C=O) groups is 1. The first-order valence-electron chi connectivity index (χ1n) is 8.28. The number of pyridine rings is 1. The fourth-order valence-electron chi connectivity index (χ4n) is 2.94. The zero-order chi connectivity index (χ0) is 18.7. The molecule has 0 aliphatic carbocycles. The number of imidazole rings is 1. The van der Waals surface area contributed by atoms with Gasteiger partial charge in [0.1, 0.15) is 16.9 Å². The number of hydrogen-bond acceptors (Lipinski definition) is 5. The quantitative estimate of drug-likeness (QED) is 0.635. The molecule has 0 fully saturated rings. The van der Waals surface area contributed by atoms with Crippen LogP contribution in [0.4, 0.5) is 0 Å². The summed E-state index contributed by atoms with van der Waals surface area (Å²) in [5.74, 6) is 0.132. The largest absolute Gasteiger partial charge is 0.462 e. The van der Waals surface area contributed by atoms with Crippen LogP contribution in [0.3, 0.4) is 0 Å². The highest BCUT2D eigenvalue weighted by Gasteiger charge is 2.22. The van der Waals surface area contributed by atoms with Gasteiger partial charge in [0.2, 0.25) is 0 Å². The van der Waals surface area contributed by atoms with Gasteiger partial charge < -0.3 is 9.30 Å². The zero-order valence-electron chi connectivity index (χ0n) is 14.5. The summed E-state index contributed by atoms with van der Waals surface area (Å²) in [5.41, 5.74) is 2.93. The Morgan fingerprint density at radius 1 is 1.38 bits per heavy atom. The van der Waals surface area contributed by atoms with Crippen molar-refractivity contribution in [2.45, 2.75) is 26.8 Å². The van der Waals surface area contributed by atoms with Crippen molar-refractivity contribution in [1.29, 1.82) is 5.26 Å². The number of benzene rings is 1. The third-order valence-electron chi connectivity index (χ3n) is 4.00. The lowest BCUT2D eigenvalue weighted by molar-refractivity contribution is 0.0528. The summed E-state index contributed by atoms with van der Waals surface area (Å²) in [5, 5.41) is 9.70. The smallest absolute Gasteiger partial charge is 0.341 e. The molecule has 3 rings (SSSR count). The van der Waals surface area contributed by atoms with Crippen molar-refractivity contribution < 1.29 is 9.53 Å². The lowest BCUT2D eigenvalue weighted by Gasteiger charge is -2.10. The first-order chi connectivity index (χ1) is 12.6. The predicted molar refractivity (Wildman–Crippen MR) is 98.9 cm³/mol. The molecule has 0 N–H and O–H groups in total. The number of ether oxygens (including phenoxy) is 1.